The number of hydrogen-bond donors (Lipinski definition) is 2. The maximum absolute atomic E-state index is 12.1. The van der Waals surface area contributed by atoms with Crippen LogP contribution in [0.2, 0.25) is 0 Å². The minimum absolute atomic E-state index is 0.0478. The molecule has 5 nitrogen and oxygen atoms in total. The van der Waals surface area contributed by atoms with Crippen LogP contribution in [0, 0.1) is 0 Å². The van der Waals surface area contributed by atoms with Gasteiger partial charge in [0.1, 0.15) is 18.1 Å². The fraction of sp³-hybridized carbons (Fsp3) is 0.174. The number of nitrogens with one attached hydrogen (secondary N) is 2. The standard InChI is InChI=1S/C23H24N2O3/c1-27-22-9-5-8-20(16-22)24-15-14-23(26)25-19-10-12-21(13-11-19)28-17-18-6-3-2-4-7-18/h2-13,16,24H,14-15,17H2,1H3,(H,25,26). The van der Waals surface area contributed by atoms with Gasteiger partial charge in [-0.3, -0.25) is 4.79 Å². The van der Waals surface area contributed by atoms with Gasteiger partial charge >= 0.3 is 0 Å². The van der Waals surface area contributed by atoms with E-state index in [1.54, 1.807) is 7.11 Å². The van der Waals surface area contributed by atoms with Crippen LogP contribution >= 0.6 is 0 Å². The van der Waals surface area contributed by atoms with E-state index in [0.717, 1.165) is 28.4 Å². The molecule has 0 radical (unpaired) electrons. The number of methoxy groups -OCH3 is 1. The lowest BCUT2D eigenvalue weighted by atomic mass is 10.2. The maximum atomic E-state index is 12.1. The molecular weight excluding hydrogens is 352 g/mol. The average molecular weight is 376 g/mol. The van der Waals surface area contributed by atoms with E-state index in [9.17, 15) is 4.79 Å². The molecule has 3 aromatic carbocycles. The van der Waals surface area contributed by atoms with E-state index in [2.05, 4.69) is 10.6 Å². The maximum Gasteiger partial charge on any atom is 0.226 e. The van der Waals surface area contributed by atoms with Gasteiger partial charge in [0.25, 0.3) is 0 Å². The van der Waals surface area contributed by atoms with Crippen LogP contribution in [0.3, 0.4) is 0 Å². The van der Waals surface area contributed by atoms with Crippen molar-refractivity contribution in [2.24, 2.45) is 0 Å². The quantitative estimate of drug-likeness (QED) is 0.568. The molecule has 28 heavy (non-hydrogen) atoms. The predicted molar refractivity (Wildman–Crippen MR) is 112 cm³/mol. The zero-order chi connectivity index (χ0) is 19.6. The van der Waals surface area contributed by atoms with E-state index < -0.39 is 0 Å². The van der Waals surface area contributed by atoms with Crippen LogP contribution in [0.1, 0.15) is 12.0 Å². The van der Waals surface area contributed by atoms with E-state index in [1.807, 2.05) is 78.9 Å². The third-order valence-corrected chi connectivity index (χ3v) is 4.14. The van der Waals surface area contributed by atoms with E-state index in [4.69, 9.17) is 9.47 Å². The molecule has 0 saturated carbocycles. The topological polar surface area (TPSA) is 59.6 Å². The summed E-state index contributed by atoms with van der Waals surface area (Å²) in [4.78, 5) is 12.1. The molecule has 0 bridgehead atoms. The Kier molecular flexibility index (Phi) is 6.90. The first-order valence-electron chi connectivity index (χ1n) is 9.17. The molecule has 0 saturated heterocycles. The summed E-state index contributed by atoms with van der Waals surface area (Å²) < 4.78 is 10.9. The molecule has 2 N–H and O–H groups in total. The minimum Gasteiger partial charge on any atom is -0.497 e. The zero-order valence-corrected chi connectivity index (χ0v) is 15.9. The number of rotatable bonds is 9. The van der Waals surface area contributed by atoms with Gasteiger partial charge in [-0.05, 0) is 42.0 Å². The highest BCUT2D eigenvalue weighted by Gasteiger charge is 2.04. The largest absolute Gasteiger partial charge is 0.497 e. The molecule has 0 aliphatic heterocycles. The normalized spacial score (nSPS) is 10.2. The monoisotopic (exact) mass is 376 g/mol. The number of carbonyl (C=O) groups excluding carboxylic acids is 1. The first-order chi connectivity index (χ1) is 13.7. The van der Waals surface area contributed by atoms with Gasteiger partial charge in [0, 0.05) is 30.4 Å². The first-order valence-corrected chi connectivity index (χ1v) is 9.17. The summed E-state index contributed by atoms with van der Waals surface area (Å²) in [5.74, 6) is 1.50. The van der Waals surface area contributed by atoms with Gasteiger partial charge in [-0.2, -0.15) is 0 Å². The van der Waals surface area contributed by atoms with Gasteiger partial charge in [0.15, 0.2) is 0 Å². The number of hydrogen-bond acceptors (Lipinski definition) is 4. The SMILES string of the molecule is COc1cccc(NCCC(=O)Nc2ccc(OCc3ccccc3)cc2)c1. The van der Waals surface area contributed by atoms with Gasteiger partial charge in [0.2, 0.25) is 5.91 Å². The van der Waals surface area contributed by atoms with Gasteiger partial charge in [-0.1, -0.05) is 36.4 Å². The molecule has 0 aromatic heterocycles. The molecule has 0 unspecified atom stereocenters. The summed E-state index contributed by atoms with van der Waals surface area (Å²) in [5.41, 5.74) is 2.79. The second-order valence-electron chi connectivity index (χ2n) is 6.26. The van der Waals surface area contributed by atoms with Crippen molar-refractivity contribution in [3.8, 4) is 11.5 Å². The van der Waals surface area contributed by atoms with Gasteiger partial charge in [-0.15, -0.1) is 0 Å². The Hall–Kier alpha value is -3.47. The molecule has 3 rings (SSSR count). The molecule has 0 spiro atoms. The fourth-order valence-electron chi connectivity index (χ4n) is 2.65. The van der Waals surface area contributed by atoms with Crippen LogP contribution < -0.4 is 20.1 Å². The molecule has 0 atom stereocenters. The lowest BCUT2D eigenvalue weighted by molar-refractivity contribution is -0.115. The Morgan fingerprint density at radius 3 is 2.39 bits per heavy atom. The predicted octanol–water partition coefficient (Wildman–Crippen LogP) is 4.71. The summed E-state index contributed by atoms with van der Waals surface area (Å²) in [6, 6.07) is 25.0. The number of carbonyl (C=O) groups is 1. The number of amides is 1. The second kappa shape index (κ2) is 10.0. The number of anilines is 2. The smallest absolute Gasteiger partial charge is 0.226 e. The summed E-state index contributed by atoms with van der Waals surface area (Å²) in [6.07, 6.45) is 0.365. The molecular formula is C23H24N2O3. The van der Waals surface area contributed by atoms with Gasteiger partial charge in [0.05, 0.1) is 7.11 Å². The van der Waals surface area contributed by atoms with E-state index in [-0.39, 0.29) is 5.91 Å². The Balaban J connectivity index is 1.41. The first kappa shape index (κ1) is 19.3. The van der Waals surface area contributed by atoms with Crippen molar-refractivity contribution in [3.63, 3.8) is 0 Å². The summed E-state index contributed by atoms with van der Waals surface area (Å²) >= 11 is 0. The van der Waals surface area contributed by atoms with Crippen LogP contribution in [0.4, 0.5) is 11.4 Å². The lowest BCUT2D eigenvalue weighted by Gasteiger charge is -2.10. The van der Waals surface area contributed by atoms with Gasteiger partial charge < -0.3 is 20.1 Å². The van der Waals surface area contributed by atoms with Crippen molar-refractivity contribution >= 4 is 17.3 Å². The lowest BCUT2D eigenvalue weighted by Crippen LogP contribution is -2.16. The second-order valence-corrected chi connectivity index (χ2v) is 6.26. The summed E-state index contributed by atoms with van der Waals surface area (Å²) in [7, 11) is 1.63. The molecule has 0 aliphatic rings. The average Bonchev–Trinajstić information content (AvgIpc) is 2.74. The fourth-order valence-corrected chi connectivity index (χ4v) is 2.65. The third-order valence-electron chi connectivity index (χ3n) is 4.14. The molecule has 5 heteroatoms. The molecule has 144 valence electrons. The highest BCUT2D eigenvalue weighted by molar-refractivity contribution is 5.91. The molecule has 1 amide bonds. The van der Waals surface area contributed by atoms with Gasteiger partial charge in [-0.25, -0.2) is 0 Å². The van der Waals surface area contributed by atoms with Crippen LogP contribution in [-0.2, 0) is 11.4 Å². The van der Waals surface area contributed by atoms with Crippen molar-refractivity contribution in [2.75, 3.05) is 24.3 Å². The highest BCUT2D eigenvalue weighted by atomic mass is 16.5. The Bertz CT molecular complexity index is 880. The molecule has 3 aromatic rings. The van der Waals surface area contributed by atoms with Crippen LogP contribution in [0.25, 0.3) is 0 Å². The Labute approximate surface area is 165 Å². The van der Waals surface area contributed by atoms with Crippen molar-refractivity contribution in [1.29, 1.82) is 0 Å². The number of ether oxygens (including phenoxy) is 2. The molecule has 0 heterocycles. The van der Waals surface area contributed by atoms with E-state index >= 15 is 0 Å². The Morgan fingerprint density at radius 2 is 1.64 bits per heavy atom. The van der Waals surface area contributed by atoms with E-state index in [0.29, 0.717) is 19.6 Å². The molecule has 0 aliphatic carbocycles. The summed E-state index contributed by atoms with van der Waals surface area (Å²) in [5, 5.41) is 6.11. The van der Waals surface area contributed by atoms with Crippen molar-refractivity contribution in [1.82, 2.24) is 0 Å². The number of benzene rings is 3. The third kappa shape index (κ3) is 6.06. The Morgan fingerprint density at radius 1 is 0.857 bits per heavy atom. The van der Waals surface area contributed by atoms with Crippen molar-refractivity contribution in [2.45, 2.75) is 13.0 Å². The summed E-state index contributed by atoms with van der Waals surface area (Å²) in [6.45, 7) is 1.06. The van der Waals surface area contributed by atoms with Crippen LogP contribution in [0.15, 0.2) is 78.9 Å². The van der Waals surface area contributed by atoms with Crippen LogP contribution in [-0.4, -0.2) is 19.6 Å². The minimum atomic E-state index is -0.0478. The van der Waals surface area contributed by atoms with E-state index in [1.165, 1.54) is 0 Å². The highest BCUT2D eigenvalue weighted by Crippen LogP contribution is 2.18. The molecule has 0 fully saturated rings. The van der Waals surface area contributed by atoms with Crippen molar-refractivity contribution < 1.29 is 14.3 Å². The van der Waals surface area contributed by atoms with Crippen molar-refractivity contribution in [3.05, 3.63) is 84.4 Å². The van der Waals surface area contributed by atoms with Crippen LogP contribution in [0.5, 0.6) is 11.5 Å². The zero-order valence-electron chi connectivity index (χ0n) is 15.9.